The lowest BCUT2D eigenvalue weighted by Crippen LogP contribution is -2.48. The van der Waals surface area contributed by atoms with Crippen molar-refractivity contribution in [1.29, 1.82) is 0 Å². The molecule has 0 aromatic heterocycles. The van der Waals surface area contributed by atoms with Crippen molar-refractivity contribution in [3.63, 3.8) is 0 Å². The second-order valence-corrected chi connectivity index (χ2v) is 10.4. The molecule has 224 valence electrons. The van der Waals surface area contributed by atoms with Crippen molar-refractivity contribution in [3.05, 3.63) is 89.0 Å². The molecule has 0 spiro atoms. The van der Waals surface area contributed by atoms with E-state index in [0.717, 1.165) is 11.1 Å². The van der Waals surface area contributed by atoms with Gasteiger partial charge in [0.25, 0.3) is 0 Å². The van der Waals surface area contributed by atoms with E-state index >= 15 is 0 Å². The van der Waals surface area contributed by atoms with E-state index in [1.165, 1.54) is 14.2 Å². The van der Waals surface area contributed by atoms with Crippen molar-refractivity contribution < 1.29 is 38.1 Å². The molecule has 0 aliphatic heterocycles. The molecular formula is C32H38N2O8. The Hall–Kier alpha value is -4.73. The van der Waals surface area contributed by atoms with E-state index in [4.69, 9.17) is 23.7 Å². The van der Waals surface area contributed by atoms with E-state index in [9.17, 15) is 14.4 Å². The first kappa shape index (κ1) is 31.8. The van der Waals surface area contributed by atoms with E-state index in [1.807, 2.05) is 60.7 Å². The SMILES string of the molecule is COc1c(OCc2ccccc2)cc([C@@H](NC(=O)OCc2ccccc2)[C@@H](C=O)NC(=O)OC(C)(C)C)c(OC)c1C. The van der Waals surface area contributed by atoms with Gasteiger partial charge in [0.15, 0.2) is 11.5 Å². The van der Waals surface area contributed by atoms with Gasteiger partial charge in [-0.25, -0.2) is 9.59 Å². The van der Waals surface area contributed by atoms with Crippen LogP contribution in [0.2, 0.25) is 0 Å². The summed E-state index contributed by atoms with van der Waals surface area (Å²) in [4.78, 5) is 38.2. The molecule has 2 amide bonds. The van der Waals surface area contributed by atoms with Crippen LogP contribution >= 0.6 is 0 Å². The zero-order valence-electron chi connectivity index (χ0n) is 24.8. The van der Waals surface area contributed by atoms with Crippen LogP contribution in [0.4, 0.5) is 9.59 Å². The van der Waals surface area contributed by atoms with Gasteiger partial charge in [0.1, 0.15) is 36.9 Å². The summed E-state index contributed by atoms with van der Waals surface area (Å²) in [6.07, 6.45) is -1.15. The molecule has 0 aliphatic carbocycles. The first-order valence-electron chi connectivity index (χ1n) is 13.4. The predicted octanol–water partition coefficient (Wildman–Crippen LogP) is 5.65. The topological polar surface area (TPSA) is 121 Å². The lowest BCUT2D eigenvalue weighted by Gasteiger charge is -2.29. The van der Waals surface area contributed by atoms with Gasteiger partial charge in [-0.2, -0.15) is 0 Å². The number of nitrogens with one attached hydrogen (secondary N) is 2. The van der Waals surface area contributed by atoms with E-state index in [2.05, 4.69) is 10.6 Å². The number of alkyl carbamates (subject to hydrolysis) is 2. The number of amides is 2. The molecular weight excluding hydrogens is 540 g/mol. The number of ether oxygens (including phenoxy) is 5. The largest absolute Gasteiger partial charge is 0.496 e. The van der Waals surface area contributed by atoms with Gasteiger partial charge in [-0.3, -0.25) is 0 Å². The fraction of sp³-hybridized carbons (Fsp3) is 0.344. The van der Waals surface area contributed by atoms with Gasteiger partial charge in [-0.05, 0) is 44.9 Å². The van der Waals surface area contributed by atoms with Crippen LogP contribution in [-0.2, 0) is 27.5 Å². The minimum Gasteiger partial charge on any atom is -0.496 e. The molecule has 0 aliphatic rings. The van der Waals surface area contributed by atoms with Crippen molar-refractivity contribution in [2.45, 2.75) is 58.6 Å². The highest BCUT2D eigenvalue weighted by Gasteiger charge is 2.33. The maximum Gasteiger partial charge on any atom is 0.408 e. The lowest BCUT2D eigenvalue weighted by molar-refractivity contribution is -0.110. The van der Waals surface area contributed by atoms with Crippen LogP contribution in [0.25, 0.3) is 0 Å². The zero-order valence-corrected chi connectivity index (χ0v) is 24.8. The number of methoxy groups -OCH3 is 2. The Morgan fingerprint density at radius 3 is 1.93 bits per heavy atom. The maximum absolute atomic E-state index is 13.0. The highest BCUT2D eigenvalue weighted by atomic mass is 16.6. The number of carbonyl (C=O) groups excluding carboxylic acids is 3. The maximum atomic E-state index is 13.0. The second-order valence-electron chi connectivity index (χ2n) is 10.4. The Morgan fingerprint density at radius 2 is 1.40 bits per heavy atom. The van der Waals surface area contributed by atoms with Crippen LogP contribution in [0.1, 0.15) is 49.1 Å². The monoisotopic (exact) mass is 578 g/mol. The van der Waals surface area contributed by atoms with Crippen molar-refractivity contribution in [2.24, 2.45) is 0 Å². The first-order valence-corrected chi connectivity index (χ1v) is 13.4. The Morgan fingerprint density at radius 1 is 0.833 bits per heavy atom. The molecule has 0 fully saturated rings. The Labute approximate surface area is 246 Å². The van der Waals surface area contributed by atoms with Crippen LogP contribution in [0, 0.1) is 6.92 Å². The molecule has 3 aromatic carbocycles. The number of hydrogen-bond donors (Lipinski definition) is 2. The van der Waals surface area contributed by atoms with E-state index in [0.29, 0.717) is 34.7 Å². The number of carbonyl (C=O) groups is 3. The van der Waals surface area contributed by atoms with E-state index < -0.39 is 29.9 Å². The third-order valence-electron chi connectivity index (χ3n) is 6.11. The highest BCUT2D eigenvalue weighted by Crippen LogP contribution is 2.43. The molecule has 0 bridgehead atoms. The number of hydrogen-bond acceptors (Lipinski definition) is 8. The third-order valence-corrected chi connectivity index (χ3v) is 6.11. The number of benzene rings is 3. The number of rotatable bonds is 12. The van der Waals surface area contributed by atoms with E-state index in [-0.39, 0.29) is 13.2 Å². The van der Waals surface area contributed by atoms with Crippen LogP contribution in [-0.4, -0.2) is 44.3 Å². The van der Waals surface area contributed by atoms with Crippen molar-refractivity contribution in [1.82, 2.24) is 10.6 Å². The standard InChI is InChI=1S/C32H38N2O8/c1-21-28(38-5)24(17-26(29(21)39-6)40-19-22-13-9-7-10-14-22)27(25(18-35)33-31(37)42-32(2,3)4)34-30(36)41-20-23-15-11-8-12-16-23/h7-18,25,27H,19-20H2,1-6H3,(H,33,37)(H,34,36)/t25-,27-/m1/s1. The Balaban J connectivity index is 2.02. The quantitative estimate of drug-likeness (QED) is 0.265. The second kappa shape index (κ2) is 14.8. The Kier molecular flexibility index (Phi) is 11.2. The highest BCUT2D eigenvalue weighted by molar-refractivity contribution is 5.77. The molecule has 3 aromatic rings. The first-order chi connectivity index (χ1) is 20.1. The molecule has 10 nitrogen and oxygen atoms in total. The molecule has 3 rings (SSSR count). The zero-order chi connectivity index (χ0) is 30.7. The van der Waals surface area contributed by atoms with Crippen LogP contribution in [0.5, 0.6) is 17.2 Å². The average molecular weight is 579 g/mol. The van der Waals surface area contributed by atoms with Gasteiger partial charge in [-0.1, -0.05) is 60.7 Å². The summed E-state index contributed by atoms with van der Waals surface area (Å²) in [5, 5.41) is 5.27. The van der Waals surface area contributed by atoms with Crippen molar-refractivity contribution in [2.75, 3.05) is 14.2 Å². The lowest BCUT2D eigenvalue weighted by atomic mass is 9.95. The molecule has 0 saturated heterocycles. The summed E-state index contributed by atoms with van der Waals surface area (Å²) in [6, 6.07) is 17.9. The molecule has 0 heterocycles. The van der Waals surface area contributed by atoms with Gasteiger partial charge in [0.05, 0.1) is 20.3 Å². The fourth-order valence-corrected chi connectivity index (χ4v) is 4.27. The minimum absolute atomic E-state index is 0.00510. The fourth-order valence-electron chi connectivity index (χ4n) is 4.27. The third kappa shape index (κ3) is 8.89. The predicted molar refractivity (Wildman–Crippen MR) is 157 cm³/mol. The molecule has 0 saturated carbocycles. The average Bonchev–Trinajstić information content (AvgIpc) is 2.96. The van der Waals surface area contributed by atoms with Crippen LogP contribution in [0.15, 0.2) is 66.7 Å². The minimum atomic E-state index is -1.27. The van der Waals surface area contributed by atoms with Crippen LogP contribution < -0.4 is 24.8 Å². The summed E-state index contributed by atoms with van der Waals surface area (Å²) in [5.74, 6) is 1.09. The summed E-state index contributed by atoms with van der Waals surface area (Å²) < 4.78 is 28.3. The molecule has 2 N–H and O–H groups in total. The molecule has 42 heavy (non-hydrogen) atoms. The summed E-state index contributed by atoms with van der Waals surface area (Å²) in [6.45, 7) is 7.09. The Bertz CT molecular complexity index is 1340. The normalized spacial score (nSPS) is 12.3. The molecule has 2 atom stereocenters. The van der Waals surface area contributed by atoms with E-state index in [1.54, 1.807) is 33.8 Å². The van der Waals surface area contributed by atoms with Gasteiger partial charge < -0.3 is 39.1 Å². The van der Waals surface area contributed by atoms with Gasteiger partial charge in [-0.15, -0.1) is 0 Å². The number of aldehydes is 1. The molecule has 0 radical (unpaired) electrons. The van der Waals surface area contributed by atoms with Gasteiger partial charge in [0, 0.05) is 11.1 Å². The van der Waals surface area contributed by atoms with Crippen molar-refractivity contribution in [3.8, 4) is 17.2 Å². The van der Waals surface area contributed by atoms with Crippen molar-refractivity contribution >= 4 is 18.5 Å². The van der Waals surface area contributed by atoms with Gasteiger partial charge in [0.2, 0.25) is 0 Å². The molecule has 0 unspecified atom stereocenters. The summed E-state index contributed by atoms with van der Waals surface area (Å²) >= 11 is 0. The summed E-state index contributed by atoms with van der Waals surface area (Å²) in [5.41, 5.74) is 1.79. The smallest absolute Gasteiger partial charge is 0.408 e. The van der Waals surface area contributed by atoms with Crippen LogP contribution in [0.3, 0.4) is 0 Å². The molecule has 10 heteroatoms. The van der Waals surface area contributed by atoms with Gasteiger partial charge >= 0.3 is 12.2 Å². The summed E-state index contributed by atoms with van der Waals surface area (Å²) in [7, 11) is 2.96.